The maximum absolute atomic E-state index is 11.2. The normalized spacial score (nSPS) is 21.1. The maximum Gasteiger partial charge on any atom is 0.233 e. The zero-order chi connectivity index (χ0) is 12.7. The number of amides is 1. The minimum absolute atomic E-state index is 0.119. The summed E-state index contributed by atoms with van der Waals surface area (Å²) in [6, 6.07) is 0. The smallest absolute Gasteiger partial charge is 0.233 e. The third kappa shape index (κ3) is 6.03. The van der Waals surface area contributed by atoms with Crippen LogP contribution in [0.15, 0.2) is 0 Å². The fourth-order valence-electron chi connectivity index (χ4n) is 2.27. The van der Waals surface area contributed by atoms with Crippen molar-refractivity contribution in [1.29, 1.82) is 0 Å². The Morgan fingerprint density at radius 2 is 2.29 bits per heavy atom. The highest BCUT2D eigenvalue weighted by Gasteiger charge is 2.23. The molecule has 1 aliphatic heterocycles. The summed E-state index contributed by atoms with van der Waals surface area (Å²) in [6.07, 6.45) is 3.91. The standard InChI is InChI=1S/C13H26N2O2/c1-11(2)17-8-4-5-12-6-7-15(9-12)10-13(16)14-3/h11-12H,4-10H2,1-3H3,(H,14,16). The van der Waals surface area contributed by atoms with Crippen molar-refractivity contribution in [3.8, 4) is 0 Å². The fraction of sp³-hybridized carbons (Fsp3) is 0.923. The summed E-state index contributed by atoms with van der Waals surface area (Å²) in [5.41, 5.74) is 0. The van der Waals surface area contributed by atoms with Gasteiger partial charge in [-0.2, -0.15) is 0 Å². The molecule has 0 spiro atoms. The van der Waals surface area contributed by atoms with Gasteiger partial charge in [0.05, 0.1) is 12.6 Å². The van der Waals surface area contributed by atoms with E-state index in [2.05, 4.69) is 24.1 Å². The van der Waals surface area contributed by atoms with Crippen LogP contribution in [0, 0.1) is 5.92 Å². The summed E-state index contributed by atoms with van der Waals surface area (Å²) in [5, 5.41) is 2.67. The van der Waals surface area contributed by atoms with Gasteiger partial charge < -0.3 is 10.1 Å². The first-order valence-corrected chi connectivity index (χ1v) is 6.66. The highest BCUT2D eigenvalue weighted by atomic mass is 16.5. The topological polar surface area (TPSA) is 41.6 Å². The van der Waals surface area contributed by atoms with Gasteiger partial charge in [0.2, 0.25) is 5.91 Å². The molecule has 1 fully saturated rings. The van der Waals surface area contributed by atoms with Gasteiger partial charge in [-0.05, 0) is 45.6 Å². The molecule has 1 unspecified atom stereocenters. The third-order valence-corrected chi connectivity index (χ3v) is 3.22. The van der Waals surface area contributed by atoms with Crippen LogP contribution in [0.1, 0.15) is 33.1 Å². The largest absolute Gasteiger partial charge is 0.379 e. The van der Waals surface area contributed by atoms with Crippen LogP contribution in [0.4, 0.5) is 0 Å². The molecule has 0 aliphatic carbocycles. The molecule has 1 saturated heterocycles. The second-order valence-electron chi connectivity index (χ2n) is 5.12. The van der Waals surface area contributed by atoms with E-state index < -0.39 is 0 Å². The van der Waals surface area contributed by atoms with Crippen molar-refractivity contribution in [3.05, 3.63) is 0 Å². The monoisotopic (exact) mass is 242 g/mol. The number of rotatable bonds is 7. The van der Waals surface area contributed by atoms with Gasteiger partial charge in [-0.25, -0.2) is 0 Å². The SMILES string of the molecule is CNC(=O)CN1CCC(CCCOC(C)C)C1. The molecule has 17 heavy (non-hydrogen) atoms. The average molecular weight is 242 g/mol. The number of ether oxygens (including phenoxy) is 1. The predicted molar refractivity (Wildman–Crippen MR) is 68.9 cm³/mol. The number of nitrogens with one attached hydrogen (secondary N) is 1. The molecule has 1 heterocycles. The minimum Gasteiger partial charge on any atom is -0.379 e. The van der Waals surface area contributed by atoms with Crippen molar-refractivity contribution < 1.29 is 9.53 Å². The van der Waals surface area contributed by atoms with E-state index in [0.29, 0.717) is 12.6 Å². The first-order valence-electron chi connectivity index (χ1n) is 6.66. The van der Waals surface area contributed by atoms with Crippen molar-refractivity contribution in [2.24, 2.45) is 5.92 Å². The predicted octanol–water partition coefficient (Wildman–Crippen LogP) is 1.26. The molecule has 0 bridgehead atoms. The molecular weight excluding hydrogens is 216 g/mol. The van der Waals surface area contributed by atoms with Crippen LogP contribution in [0.2, 0.25) is 0 Å². The lowest BCUT2D eigenvalue weighted by molar-refractivity contribution is -0.121. The molecule has 0 aromatic rings. The van der Waals surface area contributed by atoms with Crippen molar-refractivity contribution in [2.75, 3.05) is 33.3 Å². The molecule has 0 aromatic heterocycles. The van der Waals surface area contributed by atoms with E-state index >= 15 is 0 Å². The second kappa shape index (κ2) is 7.67. The summed E-state index contributed by atoms with van der Waals surface area (Å²) < 4.78 is 5.53. The molecule has 1 N–H and O–H groups in total. The van der Waals surface area contributed by atoms with Gasteiger partial charge >= 0.3 is 0 Å². The fourth-order valence-corrected chi connectivity index (χ4v) is 2.27. The third-order valence-electron chi connectivity index (χ3n) is 3.22. The number of hydrogen-bond acceptors (Lipinski definition) is 3. The van der Waals surface area contributed by atoms with Crippen LogP contribution in [-0.2, 0) is 9.53 Å². The molecular formula is C13H26N2O2. The Labute approximate surface area is 105 Å². The van der Waals surface area contributed by atoms with Gasteiger partial charge in [0.1, 0.15) is 0 Å². The average Bonchev–Trinajstić information content (AvgIpc) is 2.72. The molecule has 100 valence electrons. The first-order chi connectivity index (χ1) is 8.11. The zero-order valence-electron chi connectivity index (χ0n) is 11.4. The molecule has 1 rings (SSSR count). The van der Waals surface area contributed by atoms with E-state index in [1.165, 1.54) is 12.8 Å². The number of carbonyl (C=O) groups excluding carboxylic acids is 1. The van der Waals surface area contributed by atoms with Gasteiger partial charge in [0.25, 0.3) is 0 Å². The summed E-state index contributed by atoms with van der Waals surface area (Å²) in [5.74, 6) is 0.865. The van der Waals surface area contributed by atoms with E-state index in [-0.39, 0.29) is 5.91 Å². The Hall–Kier alpha value is -0.610. The second-order valence-corrected chi connectivity index (χ2v) is 5.12. The summed E-state index contributed by atoms with van der Waals surface area (Å²) in [7, 11) is 1.69. The molecule has 1 aliphatic rings. The van der Waals surface area contributed by atoms with Crippen LogP contribution in [-0.4, -0.2) is 50.2 Å². The molecule has 0 radical (unpaired) electrons. The molecule has 0 aromatic carbocycles. The van der Waals surface area contributed by atoms with Crippen molar-refractivity contribution >= 4 is 5.91 Å². The van der Waals surface area contributed by atoms with Gasteiger partial charge in [0, 0.05) is 20.2 Å². The van der Waals surface area contributed by atoms with Gasteiger partial charge in [-0.1, -0.05) is 0 Å². The molecule has 0 saturated carbocycles. The lowest BCUT2D eigenvalue weighted by Gasteiger charge is -2.15. The van der Waals surface area contributed by atoms with Gasteiger partial charge in [-0.3, -0.25) is 9.69 Å². The summed E-state index contributed by atoms with van der Waals surface area (Å²) in [4.78, 5) is 13.5. The number of nitrogens with zero attached hydrogens (tertiary/aromatic N) is 1. The van der Waals surface area contributed by atoms with Crippen LogP contribution < -0.4 is 5.32 Å². The van der Waals surface area contributed by atoms with E-state index in [4.69, 9.17) is 4.74 Å². The van der Waals surface area contributed by atoms with Crippen molar-refractivity contribution in [2.45, 2.75) is 39.2 Å². The van der Waals surface area contributed by atoms with E-state index in [1.54, 1.807) is 7.05 Å². The van der Waals surface area contributed by atoms with Crippen molar-refractivity contribution in [1.82, 2.24) is 10.2 Å². The number of carbonyl (C=O) groups is 1. The lowest BCUT2D eigenvalue weighted by atomic mass is 10.0. The van der Waals surface area contributed by atoms with Crippen molar-refractivity contribution in [3.63, 3.8) is 0 Å². The highest BCUT2D eigenvalue weighted by Crippen LogP contribution is 2.20. The van der Waals surface area contributed by atoms with Crippen LogP contribution in [0.25, 0.3) is 0 Å². The lowest BCUT2D eigenvalue weighted by Crippen LogP contribution is -2.34. The first kappa shape index (κ1) is 14.5. The molecule has 4 heteroatoms. The number of likely N-dealkylation sites (N-methyl/N-ethyl adjacent to an activating group) is 1. The Kier molecular flexibility index (Phi) is 6.52. The Bertz CT molecular complexity index is 231. The van der Waals surface area contributed by atoms with Crippen LogP contribution >= 0.6 is 0 Å². The quantitative estimate of drug-likeness (QED) is 0.683. The van der Waals surface area contributed by atoms with Gasteiger partial charge in [-0.15, -0.1) is 0 Å². The molecule has 1 atom stereocenters. The van der Waals surface area contributed by atoms with Gasteiger partial charge in [0.15, 0.2) is 0 Å². The zero-order valence-corrected chi connectivity index (χ0v) is 11.4. The molecule has 4 nitrogen and oxygen atoms in total. The van der Waals surface area contributed by atoms with E-state index in [1.807, 2.05) is 0 Å². The van der Waals surface area contributed by atoms with Crippen LogP contribution in [0.5, 0.6) is 0 Å². The highest BCUT2D eigenvalue weighted by molar-refractivity contribution is 5.77. The number of likely N-dealkylation sites (tertiary alicyclic amines) is 1. The summed E-state index contributed by atoms with van der Waals surface area (Å²) >= 11 is 0. The Morgan fingerprint density at radius 3 is 2.94 bits per heavy atom. The van der Waals surface area contributed by atoms with Crippen LogP contribution in [0.3, 0.4) is 0 Å². The summed E-state index contributed by atoms with van der Waals surface area (Å²) in [6.45, 7) is 7.68. The van der Waals surface area contributed by atoms with E-state index in [0.717, 1.165) is 32.0 Å². The maximum atomic E-state index is 11.2. The Morgan fingerprint density at radius 1 is 1.53 bits per heavy atom. The van der Waals surface area contributed by atoms with E-state index in [9.17, 15) is 4.79 Å². The Balaban J connectivity index is 2.07. The minimum atomic E-state index is 0.119. The number of hydrogen-bond donors (Lipinski definition) is 1. The molecule has 1 amide bonds.